The Morgan fingerprint density at radius 3 is 2.12 bits per heavy atom. The molecule has 0 radical (unpaired) electrons. The van der Waals surface area contributed by atoms with E-state index in [1.54, 1.807) is 0 Å². The molecule has 0 fully saturated rings. The predicted octanol–water partition coefficient (Wildman–Crippen LogP) is 4.54. The summed E-state index contributed by atoms with van der Waals surface area (Å²) in [4.78, 5) is 10.7. The summed E-state index contributed by atoms with van der Waals surface area (Å²) in [6, 6.07) is 0. The van der Waals surface area contributed by atoms with Gasteiger partial charge in [-0.3, -0.25) is 0 Å². The molecule has 0 amide bonds. The topological polar surface area (TPSA) is 26.3 Å². The molecule has 0 aromatic carbocycles. The number of esters is 1. The van der Waals surface area contributed by atoms with Crippen LogP contribution in [-0.4, -0.2) is 13.1 Å². The zero-order chi connectivity index (χ0) is 12.9. The number of hydrogen-bond donors (Lipinski definition) is 0. The minimum Gasteiger partial charge on any atom is -0.466 e. The first kappa shape index (κ1) is 16.1. The SMILES string of the molecule is CCCCCCCCCC/C(F)=C\C(=O)OC. The van der Waals surface area contributed by atoms with Gasteiger partial charge in [-0.1, -0.05) is 51.9 Å². The third-order valence-electron chi connectivity index (χ3n) is 2.74. The molecular formula is C14H25FO2. The highest BCUT2D eigenvalue weighted by Crippen LogP contribution is 2.13. The molecular weight excluding hydrogens is 219 g/mol. The van der Waals surface area contributed by atoms with Crippen LogP contribution in [0.4, 0.5) is 4.39 Å². The molecule has 0 saturated heterocycles. The number of ether oxygens (including phenoxy) is 1. The summed E-state index contributed by atoms with van der Waals surface area (Å²) in [7, 11) is 1.25. The zero-order valence-electron chi connectivity index (χ0n) is 11.1. The van der Waals surface area contributed by atoms with Crippen molar-refractivity contribution >= 4 is 5.97 Å². The third-order valence-corrected chi connectivity index (χ3v) is 2.74. The van der Waals surface area contributed by atoms with Crippen LogP contribution in [0.15, 0.2) is 11.9 Å². The molecule has 0 aromatic rings. The zero-order valence-corrected chi connectivity index (χ0v) is 11.1. The highest BCUT2D eigenvalue weighted by Gasteiger charge is 2.00. The maximum atomic E-state index is 13.1. The van der Waals surface area contributed by atoms with Crippen LogP contribution in [0.1, 0.15) is 64.7 Å². The van der Waals surface area contributed by atoms with E-state index in [1.807, 2.05) is 0 Å². The molecule has 0 aliphatic heterocycles. The van der Waals surface area contributed by atoms with Gasteiger partial charge in [-0.15, -0.1) is 0 Å². The van der Waals surface area contributed by atoms with E-state index in [4.69, 9.17) is 0 Å². The molecule has 0 spiro atoms. The average molecular weight is 244 g/mol. The fourth-order valence-corrected chi connectivity index (χ4v) is 1.69. The Morgan fingerprint density at radius 2 is 1.59 bits per heavy atom. The number of rotatable bonds is 10. The summed E-state index contributed by atoms with van der Waals surface area (Å²) < 4.78 is 17.4. The van der Waals surface area contributed by atoms with Gasteiger partial charge >= 0.3 is 5.97 Å². The predicted molar refractivity (Wildman–Crippen MR) is 68.4 cm³/mol. The number of carbonyl (C=O) groups excluding carboxylic acids is 1. The monoisotopic (exact) mass is 244 g/mol. The lowest BCUT2D eigenvalue weighted by molar-refractivity contribution is -0.134. The highest BCUT2D eigenvalue weighted by molar-refractivity contribution is 5.82. The number of carbonyl (C=O) groups is 1. The largest absolute Gasteiger partial charge is 0.466 e. The smallest absolute Gasteiger partial charge is 0.333 e. The lowest BCUT2D eigenvalue weighted by Crippen LogP contribution is -1.95. The molecule has 3 heteroatoms. The minimum absolute atomic E-state index is 0.351. The van der Waals surface area contributed by atoms with Crippen molar-refractivity contribution in [1.82, 2.24) is 0 Å². The molecule has 0 bridgehead atoms. The molecule has 17 heavy (non-hydrogen) atoms. The van der Waals surface area contributed by atoms with Gasteiger partial charge in [0.2, 0.25) is 0 Å². The van der Waals surface area contributed by atoms with Crippen molar-refractivity contribution in [2.45, 2.75) is 64.7 Å². The number of hydrogen-bond acceptors (Lipinski definition) is 2. The van der Waals surface area contributed by atoms with Crippen LogP contribution in [0.5, 0.6) is 0 Å². The molecule has 0 unspecified atom stereocenters. The first-order chi connectivity index (χ1) is 8.20. The normalized spacial score (nSPS) is 11.6. The van der Waals surface area contributed by atoms with Crippen molar-refractivity contribution in [3.8, 4) is 0 Å². The Kier molecular flexibility index (Phi) is 11.0. The van der Waals surface area contributed by atoms with E-state index in [9.17, 15) is 9.18 Å². The van der Waals surface area contributed by atoms with E-state index < -0.39 is 5.97 Å². The lowest BCUT2D eigenvalue weighted by atomic mass is 10.1. The van der Waals surface area contributed by atoms with Crippen LogP contribution in [0.2, 0.25) is 0 Å². The molecule has 0 atom stereocenters. The molecule has 0 N–H and O–H groups in total. The van der Waals surface area contributed by atoms with Crippen LogP contribution in [0, 0.1) is 0 Å². The Bertz CT molecular complexity index is 224. The van der Waals surface area contributed by atoms with Crippen molar-refractivity contribution in [3.63, 3.8) is 0 Å². The van der Waals surface area contributed by atoms with Crippen molar-refractivity contribution in [2.24, 2.45) is 0 Å². The summed E-state index contributed by atoms with van der Waals surface area (Å²) in [6.07, 6.45) is 10.7. The summed E-state index contributed by atoms with van der Waals surface area (Å²) in [5.74, 6) is -0.982. The summed E-state index contributed by atoms with van der Waals surface area (Å²) in [5, 5.41) is 0. The Hall–Kier alpha value is -0.860. The van der Waals surface area contributed by atoms with E-state index in [-0.39, 0.29) is 5.83 Å². The average Bonchev–Trinajstić information content (AvgIpc) is 2.32. The summed E-state index contributed by atoms with van der Waals surface area (Å²) in [5.41, 5.74) is 0. The Labute approximate surface area is 104 Å². The minimum atomic E-state index is -0.609. The molecule has 2 nitrogen and oxygen atoms in total. The van der Waals surface area contributed by atoms with Gasteiger partial charge in [-0.2, -0.15) is 0 Å². The quantitative estimate of drug-likeness (QED) is 0.320. The van der Waals surface area contributed by atoms with E-state index in [1.165, 1.54) is 39.2 Å². The van der Waals surface area contributed by atoms with Gasteiger partial charge in [0.1, 0.15) is 5.83 Å². The fraction of sp³-hybridized carbons (Fsp3) is 0.786. The van der Waals surface area contributed by atoms with E-state index in [2.05, 4.69) is 11.7 Å². The van der Waals surface area contributed by atoms with Crippen molar-refractivity contribution in [3.05, 3.63) is 11.9 Å². The first-order valence-electron chi connectivity index (χ1n) is 6.64. The highest BCUT2D eigenvalue weighted by atomic mass is 19.1. The Morgan fingerprint density at radius 1 is 1.06 bits per heavy atom. The molecule has 0 heterocycles. The molecule has 100 valence electrons. The maximum Gasteiger partial charge on any atom is 0.333 e. The van der Waals surface area contributed by atoms with Gasteiger partial charge in [0.25, 0.3) is 0 Å². The van der Waals surface area contributed by atoms with Crippen LogP contribution < -0.4 is 0 Å². The maximum absolute atomic E-state index is 13.1. The van der Waals surface area contributed by atoms with Gasteiger partial charge in [0.15, 0.2) is 0 Å². The second kappa shape index (κ2) is 11.6. The number of halogens is 1. The van der Waals surface area contributed by atoms with Crippen LogP contribution >= 0.6 is 0 Å². The Balaban J connectivity index is 3.33. The number of unbranched alkanes of at least 4 members (excludes halogenated alkanes) is 7. The molecule has 0 aliphatic rings. The fourth-order valence-electron chi connectivity index (χ4n) is 1.69. The third kappa shape index (κ3) is 11.4. The van der Waals surface area contributed by atoms with Gasteiger partial charge in [-0.05, 0) is 12.8 Å². The van der Waals surface area contributed by atoms with E-state index in [0.29, 0.717) is 6.42 Å². The van der Waals surface area contributed by atoms with Gasteiger partial charge in [-0.25, -0.2) is 9.18 Å². The van der Waals surface area contributed by atoms with Crippen molar-refractivity contribution in [1.29, 1.82) is 0 Å². The lowest BCUT2D eigenvalue weighted by Gasteiger charge is -2.01. The first-order valence-corrected chi connectivity index (χ1v) is 6.64. The molecule has 0 saturated carbocycles. The summed E-state index contributed by atoms with van der Waals surface area (Å²) in [6.45, 7) is 2.20. The number of methoxy groups -OCH3 is 1. The van der Waals surface area contributed by atoms with Gasteiger partial charge in [0, 0.05) is 0 Å². The van der Waals surface area contributed by atoms with Crippen molar-refractivity contribution < 1.29 is 13.9 Å². The van der Waals surface area contributed by atoms with Crippen LogP contribution in [0.3, 0.4) is 0 Å². The second-order valence-corrected chi connectivity index (χ2v) is 4.34. The van der Waals surface area contributed by atoms with Gasteiger partial charge < -0.3 is 4.74 Å². The molecule has 0 rings (SSSR count). The van der Waals surface area contributed by atoms with Crippen LogP contribution in [-0.2, 0) is 9.53 Å². The van der Waals surface area contributed by atoms with E-state index >= 15 is 0 Å². The second-order valence-electron chi connectivity index (χ2n) is 4.34. The van der Waals surface area contributed by atoms with Crippen LogP contribution in [0.25, 0.3) is 0 Å². The standard InChI is InChI=1S/C14H25FO2/c1-3-4-5-6-7-8-9-10-11-13(15)12-14(16)17-2/h12H,3-11H2,1-2H3/b13-12+. The van der Waals surface area contributed by atoms with Crippen molar-refractivity contribution in [2.75, 3.05) is 7.11 Å². The van der Waals surface area contributed by atoms with E-state index in [0.717, 1.165) is 25.3 Å². The summed E-state index contributed by atoms with van der Waals surface area (Å²) >= 11 is 0. The van der Waals surface area contributed by atoms with Gasteiger partial charge in [0.05, 0.1) is 13.2 Å². The number of allylic oxidation sites excluding steroid dienone is 1. The molecule has 0 aliphatic carbocycles. The molecule has 0 aromatic heterocycles.